The number of hydrogen-bond acceptors (Lipinski definition) is 4. The van der Waals surface area contributed by atoms with Gasteiger partial charge in [-0.05, 0) is 41.3 Å². The van der Waals surface area contributed by atoms with E-state index in [4.69, 9.17) is 16.3 Å². The Morgan fingerprint density at radius 3 is 2.30 bits per heavy atom. The zero-order valence-corrected chi connectivity index (χ0v) is 16.5. The van der Waals surface area contributed by atoms with Gasteiger partial charge in [0.2, 0.25) is 0 Å². The molecule has 0 aliphatic heterocycles. The highest BCUT2D eigenvalue weighted by Gasteiger charge is 2.13. The molecule has 0 bridgehead atoms. The van der Waals surface area contributed by atoms with E-state index < -0.39 is 5.91 Å². The number of ether oxygens (including phenoxy) is 1. The van der Waals surface area contributed by atoms with E-state index in [1.165, 1.54) is 18.9 Å². The second kappa shape index (κ2) is 8.61. The van der Waals surface area contributed by atoms with E-state index in [1.807, 2.05) is 30.3 Å². The first-order valence-electron chi connectivity index (χ1n) is 8.37. The summed E-state index contributed by atoms with van der Waals surface area (Å²) in [4.78, 5) is 12.3. The van der Waals surface area contributed by atoms with Crippen LogP contribution in [-0.4, -0.2) is 13.0 Å². The Labute approximate surface area is 164 Å². The Morgan fingerprint density at radius 2 is 1.78 bits per heavy atom. The Bertz CT molecular complexity index is 891. The molecule has 0 heterocycles. The molecule has 0 unspecified atom stereocenters. The van der Waals surface area contributed by atoms with Gasteiger partial charge in [0.1, 0.15) is 17.4 Å². The van der Waals surface area contributed by atoms with Gasteiger partial charge in [0.15, 0.2) is 0 Å². The van der Waals surface area contributed by atoms with Gasteiger partial charge in [-0.1, -0.05) is 44.5 Å². The molecule has 2 N–H and O–H groups in total. The molecule has 0 aromatic heterocycles. The van der Waals surface area contributed by atoms with Crippen LogP contribution in [0.5, 0.6) is 5.75 Å². The zero-order chi connectivity index (χ0) is 20.0. The molecule has 27 heavy (non-hydrogen) atoms. The maximum absolute atomic E-state index is 12.3. The van der Waals surface area contributed by atoms with Crippen LogP contribution in [0.2, 0.25) is 5.02 Å². The number of nitrogens with one attached hydrogen (secondary N) is 2. The van der Waals surface area contributed by atoms with Gasteiger partial charge in [-0.15, -0.1) is 0 Å². The lowest BCUT2D eigenvalue weighted by molar-refractivity contribution is -0.112. The van der Waals surface area contributed by atoms with E-state index in [0.717, 1.165) is 5.69 Å². The van der Waals surface area contributed by atoms with E-state index in [1.54, 1.807) is 18.2 Å². The second-order valence-electron chi connectivity index (χ2n) is 6.94. The number of methoxy groups -OCH3 is 1. The van der Waals surface area contributed by atoms with Gasteiger partial charge in [-0.2, -0.15) is 5.26 Å². The molecule has 0 saturated heterocycles. The third-order valence-electron chi connectivity index (χ3n) is 3.91. The first-order chi connectivity index (χ1) is 12.7. The number of amides is 1. The normalized spacial score (nSPS) is 11.5. The van der Waals surface area contributed by atoms with Crippen molar-refractivity contribution in [2.75, 3.05) is 17.7 Å². The Balaban J connectivity index is 2.08. The molecule has 0 atom stereocenters. The lowest BCUT2D eigenvalue weighted by Crippen LogP contribution is -2.14. The molecule has 140 valence electrons. The predicted molar refractivity (Wildman–Crippen MR) is 109 cm³/mol. The number of carbonyl (C=O) groups excluding carboxylic acids is 1. The van der Waals surface area contributed by atoms with Crippen LogP contribution in [0.3, 0.4) is 0 Å². The lowest BCUT2D eigenvalue weighted by atomic mass is 9.87. The number of nitriles is 1. The van der Waals surface area contributed by atoms with Crippen LogP contribution < -0.4 is 15.4 Å². The van der Waals surface area contributed by atoms with Crippen LogP contribution in [0.25, 0.3) is 0 Å². The molecule has 2 rings (SSSR count). The van der Waals surface area contributed by atoms with Crippen molar-refractivity contribution in [3.05, 3.63) is 64.8 Å². The van der Waals surface area contributed by atoms with Crippen molar-refractivity contribution in [1.82, 2.24) is 0 Å². The zero-order valence-electron chi connectivity index (χ0n) is 15.8. The third kappa shape index (κ3) is 5.50. The molecule has 0 radical (unpaired) electrons. The molecule has 0 fully saturated rings. The average molecular weight is 384 g/mol. The first kappa shape index (κ1) is 20.3. The summed E-state index contributed by atoms with van der Waals surface area (Å²) in [6.45, 7) is 6.41. The highest BCUT2D eigenvalue weighted by atomic mass is 35.5. The molecule has 2 aromatic rings. The van der Waals surface area contributed by atoms with Gasteiger partial charge >= 0.3 is 0 Å². The Kier molecular flexibility index (Phi) is 6.49. The molecule has 0 aliphatic carbocycles. The van der Waals surface area contributed by atoms with Gasteiger partial charge < -0.3 is 15.4 Å². The number of rotatable bonds is 5. The van der Waals surface area contributed by atoms with Gasteiger partial charge in [0.05, 0.1) is 12.1 Å². The van der Waals surface area contributed by atoms with E-state index in [0.29, 0.717) is 16.5 Å². The first-order valence-corrected chi connectivity index (χ1v) is 8.74. The number of nitrogens with zero attached hydrogens (tertiary/aromatic N) is 1. The Hall–Kier alpha value is -2.97. The fourth-order valence-electron chi connectivity index (χ4n) is 2.31. The molecule has 1 amide bonds. The number of anilines is 2. The lowest BCUT2D eigenvalue weighted by Gasteiger charge is -2.19. The van der Waals surface area contributed by atoms with Crippen molar-refractivity contribution in [3.8, 4) is 11.8 Å². The van der Waals surface area contributed by atoms with E-state index >= 15 is 0 Å². The number of hydrogen-bond donors (Lipinski definition) is 2. The van der Waals surface area contributed by atoms with Crippen molar-refractivity contribution < 1.29 is 9.53 Å². The van der Waals surface area contributed by atoms with Gasteiger partial charge in [-0.3, -0.25) is 4.79 Å². The monoisotopic (exact) mass is 383 g/mol. The number of carbonyl (C=O) groups is 1. The summed E-state index contributed by atoms with van der Waals surface area (Å²) in [6.07, 6.45) is 1.38. The minimum Gasteiger partial charge on any atom is -0.495 e. The summed E-state index contributed by atoms with van der Waals surface area (Å²) >= 11 is 6.04. The van der Waals surface area contributed by atoms with Crippen LogP contribution in [-0.2, 0) is 10.2 Å². The number of halogens is 1. The van der Waals surface area contributed by atoms with Crippen molar-refractivity contribution >= 4 is 28.9 Å². The van der Waals surface area contributed by atoms with E-state index in [9.17, 15) is 10.1 Å². The van der Waals surface area contributed by atoms with Crippen LogP contribution >= 0.6 is 11.6 Å². The number of benzene rings is 2. The van der Waals surface area contributed by atoms with Crippen molar-refractivity contribution in [1.29, 1.82) is 5.26 Å². The van der Waals surface area contributed by atoms with Crippen molar-refractivity contribution in [2.45, 2.75) is 26.2 Å². The summed E-state index contributed by atoms with van der Waals surface area (Å²) in [5, 5.41) is 15.3. The summed E-state index contributed by atoms with van der Waals surface area (Å²) in [7, 11) is 1.51. The second-order valence-corrected chi connectivity index (χ2v) is 7.35. The maximum Gasteiger partial charge on any atom is 0.267 e. The molecule has 0 aliphatic rings. The highest BCUT2D eigenvalue weighted by Crippen LogP contribution is 2.27. The fraction of sp³-hybridized carbons (Fsp3) is 0.238. The van der Waals surface area contributed by atoms with E-state index in [2.05, 4.69) is 31.4 Å². The molecule has 2 aromatic carbocycles. The highest BCUT2D eigenvalue weighted by molar-refractivity contribution is 6.32. The quantitative estimate of drug-likeness (QED) is 0.556. The molecule has 0 saturated carbocycles. The average Bonchev–Trinajstić information content (AvgIpc) is 2.62. The molecular weight excluding hydrogens is 362 g/mol. The van der Waals surface area contributed by atoms with Crippen LogP contribution in [0, 0.1) is 11.3 Å². The third-order valence-corrected chi connectivity index (χ3v) is 4.20. The van der Waals surface area contributed by atoms with Gasteiger partial charge in [-0.25, -0.2) is 0 Å². The van der Waals surface area contributed by atoms with Crippen LogP contribution in [0.15, 0.2) is 54.2 Å². The summed E-state index contributed by atoms with van der Waals surface area (Å²) in [5.74, 6) is -0.0244. The van der Waals surface area contributed by atoms with Gasteiger partial charge in [0.25, 0.3) is 5.91 Å². The fourth-order valence-corrected chi connectivity index (χ4v) is 2.57. The summed E-state index contributed by atoms with van der Waals surface area (Å²) < 4.78 is 5.07. The molecule has 5 nitrogen and oxygen atoms in total. The van der Waals surface area contributed by atoms with Crippen LogP contribution in [0.1, 0.15) is 26.3 Å². The maximum atomic E-state index is 12.3. The summed E-state index contributed by atoms with van der Waals surface area (Å²) in [6, 6.07) is 14.6. The van der Waals surface area contributed by atoms with Crippen LogP contribution in [0.4, 0.5) is 11.4 Å². The SMILES string of the molecule is COc1ccc(NC(=O)/C(C#N)=C\Nc2ccc(C(C)(C)C)cc2)cc1Cl. The smallest absolute Gasteiger partial charge is 0.267 e. The van der Waals surface area contributed by atoms with Crippen molar-refractivity contribution in [2.24, 2.45) is 0 Å². The summed E-state index contributed by atoms with van der Waals surface area (Å²) in [5.41, 5.74) is 2.47. The Morgan fingerprint density at radius 1 is 1.15 bits per heavy atom. The minimum absolute atomic E-state index is 0.0539. The molecule has 6 heteroatoms. The minimum atomic E-state index is -0.530. The largest absolute Gasteiger partial charge is 0.495 e. The molecule has 0 spiro atoms. The standard InChI is InChI=1S/C21H22ClN3O2/c1-21(2,3)15-5-7-16(8-6-15)24-13-14(12-23)20(26)25-17-9-10-19(27-4)18(22)11-17/h5-11,13,24H,1-4H3,(H,25,26)/b14-13-. The predicted octanol–water partition coefficient (Wildman–Crippen LogP) is 5.10. The van der Waals surface area contributed by atoms with E-state index in [-0.39, 0.29) is 11.0 Å². The molecular formula is C21H22ClN3O2. The van der Waals surface area contributed by atoms with Gasteiger partial charge in [0, 0.05) is 17.6 Å². The van der Waals surface area contributed by atoms with Crippen molar-refractivity contribution in [3.63, 3.8) is 0 Å². The topological polar surface area (TPSA) is 74.1 Å².